The second-order valence-electron chi connectivity index (χ2n) is 4.60. The molecule has 0 nitrogen and oxygen atoms in total. The zero-order valence-electron chi connectivity index (χ0n) is 11.1. The third-order valence-electron chi connectivity index (χ3n) is 2.51. The lowest BCUT2D eigenvalue weighted by molar-refractivity contribution is 0.957. The van der Waals surface area contributed by atoms with Crippen LogP contribution in [0.25, 0.3) is 0 Å². The molecule has 0 aromatic heterocycles. The molecule has 0 aromatic carbocycles. The highest BCUT2D eigenvalue weighted by Crippen LogP contribution is 2.09. The molecule has 0 fully saturated rings. The van der Waals surface area contributed by atoms with E-state index in [0.717, 1.165) is 6.42 Å². The van der Waals surface area contributed by atoms with E-state index < -0.39 is 0 Å². The minimum atomic E-state index is 1.10. The van der Waals surface area contributed by atoms with E-state index in [0.29, 0.717) is 0 Å². The van der Waals surface area contributed by atoms with Gasteiger partial charge in [-0.1, -0.05) is 57.5 Å². The summed E-state index contributed by atoms with van der Waals surface area (Å²) in [7, 11) is 0. The highest BCUT2D eigenvalue weighted by molar-refractivity contribution is 14.1. The monoisotopic (exact) mass is 332 g/mol. The number of hydrogen-bond donors (Lipinski definition) is 0. The van der Waals surface area contributed by atoms with Gasteiger partial charge >= 0.3 is 0 Å². The van der Waals surface area contributed by atoms with Gasteiger partial charge in [-0.3, -0.25) is 0 Å². The summed E-state index contributed by atoms with van der Waals surface area (Å²) in [5.41, 5.74) is 4.45. The van der Waals surface area contributed by atoms with E-state index in [4.69, 9.17) is 0 Å². The molecule has 0 rings (SSSR count). The summed E-state index contributed by atoms with van der Waals surface area (Å²) in [6.45, 7) is 8.79. The quantitative estimate of drug-likeness (QED) is 0.312. The van der Waals surface area contributed by atoms with Crippen LogP contribution in [-0.4, -0.2) is 4.43 Å². The standard InChI is InChI=1S/C15H25I/c1-13(2)7-5-8-14(3)9-6-10-15(4)11-12-16/h7,9-10H,5-6,8,11-12H2,1-4H3/b14-9+,15-10+. The predicted molar refractivity (Wildman–Crippen MR) is 84.3 cm³/mol. The van der Waals surface area contributed by atoms with Gasteiger partial charge in [-0.05, 0) is 53.4 Å². The maximum Gasteiger partial charge on any atom is 0.00324 e. The Balaban J connectivity index is 3.87. The summed E-state index contributed by atoms with van der Waals surface area (Å²) < 4.78 is 1.23. The molecule has 0 radical (unpaired) electrons. The van der Waals surface area contributed by atoms with Gasteiger partial charge in [0.15, 0.2) is 0 Å². The molecule has 0 atom stereocenters. The Morgan fingerprint density at radius 3 is 1.94 bits per heavy atom. The molecule has 0 amide bonds. The Kier molecular flexibility index (Phi) is 10.1. The molecule has 0 saturated heterocycles. The maximum atomic E-state index is 2.43. The normalized spacial score (nSPS) is 12.8. The summed E-state index contributed by atoms with van der Waals surface area (Å²) in [5.74, 6) is 0. The van der Waals surface area contributed by atoms with Crippen LogP contribution in [0.15, 0.2) is 34.9 Å². The van der Waals surface area contributed by atoms with Crippen LogP contribution in [-0.2, 0) is 0 Å². The van der Waals surface area contributed by atoms with Crippen LogP contribution in [0.5, 0.6) is 0 Å². The summed E-state index contributed by atoms with van der Waals surface area (Å²) in [5, 5.41) is 0. The first-order valence-corrected chi connectivity index (χ1v) is 7.59. The summed E-state index contributed by atoms with van der Waals surface area (Å²) in [6, 6.07) is 0. The van der Waals surface area contributed by atoms with Gasteiger partial charge in [0.1, 0.15) is 0 Å². The maximum absolute atomic E-state index is 2.43. The minimum absolute atomic E-state index is 1.10. The zero-order chi connectivity index (χ0) is 12.4. The molecule has 0 aliphatic heterocycles. The molecular formula is C15H25I. The Labute approximate surface area is 115 Å². The van der Waals surface area contributed by atoms with Crippen LogP contribution >= 0.6 is 22.6 Å². The van der Waals surface area contributed by atoms with Crippen LogP contribution in [0.2, 0.25) is 0 Å². The average Bonchev–Trinajstić information content (AvgIpc) is 2.17. The number of rotatable bonds is 7. The van der Waals surface area contributed by atoms with Crippen LogP contribution in [0.3, 0.4) is 0 Å². The van der Waals surface area contributed by atoms with E-state index in [9.17, 15) is 0 Å². The topological polar surface area (TPSA) is 0 Å². The van der Waals surface area contributed by atoms with Gasteiger partial charge in [0.25, 0.3) is 0 Å². The molecule has 0 saturated carbocycles. The van der Waals surface area contributed by atoms with Crippen LogP contribution in [0.1, 0.15) is 53.4 Å². The Morgan fingerprint density at radius 1 is 0.875 bits per heavy atom. The summed E-state index contributed by atoms with van der Waals surface area (Å²) in [6.07, 6.45) is 11.7. The molecule has 0 spiro atoms. The molecule has 92 valence electrons. The molecule has 0 bridgehead atoms. The fourth-order valence-electron chi connectivity index (χ4n) is 1.40. The van der Waals surface area contributed by atoms with Crippen molar-refractivity contribution in [2.45, 2.75) is 53.4 Å². The van der Waals surface area contributed by atoms with Crippen molar-refractivity contribution >= 4 is 22.6 Å². The summed E-state index contributed by atoms with van der Waals surface area (Å²) in [4.78, 5) is 0. The molecular weight excluding hydrogens is 307 g/mol. The lowest BCUT2D eigenvalue weighted by Crippen LogP contribution is -1.79. The van der Waals surface area contributed by atoms with E-state index in [2.05, 4.69) is 68.5 Å². The van der Waals surface area contributed by atoms with Gasteiger partial charge in [0, 0.05) is 4.43 Å². The van der Waals surface area contributed by atoms with E-state index in [1.807, 2.05) is 0 Å². The van der Waals surface area contributed by atoms with Gasteiger partial charge in [-0.15, -0.1) is 0 Å². The van der Waals surface area contributed by atoms with Crippen molar-refractivity contribution in [3.63, 3.8) is 0 Å². The van der Waals surface area contributed by atoms with Crippen molar-refractivity contribution in [3.05, 3.63) is 34.9 Å². The third-order valence-corrected chi connectivity index (χ3v) is 3.05. The fraction of sp³-hybridized carbons (Fsp3) is 0.600. The van der Waals surface area contributed by atoms with Crippen LogP contribution in [0, 0.1) is 0 Å². The second-order valence-corrected chi connectivity index (χ2v) is 5.67. The average molecular weight is 332 g/mol. The van der Waals surface area contributed by atoms with Gasteiger partial charge in [-0.2, -0.15) is 0 Å². The summed E-state index contributed by atoms with van der Waals surface area (Å²) >= 11 is 2.43. The predicted octanol–water partition coefficient (Wildman–Crippen LogP) is 5.84. The lowest BCUT2D eigenvalue weighted by atomic mass is 10.1. The fourth-order valence-corrected chi connectivity index (χ4v) is 2.25. The van der Waals surface area contributed by atoms with Crippen LogP contribution < -0.4 is 0 Å². The molecule has 1 heteroatoms. The number of halogens is 1. The number of alkyl halides is 1. The molecule has 16 heavy (non-hydrogen) atoms. The first-order chi connectivity index (χ1) is 7.56. The largest absolute Gasteiger partial charge is 0.0860 e. The number of allylic oxidation sites excluding steroid dienone is 6. The highest BCUT2D eigenvalue weighted by Gasteiger charge is 1.89. The van der Waals surface area contributed by atoms with Crippen molar-refractivity contribution < 1.29 is 0 Å². The molecule has 0 heterocycles. The van der Waals surface area contributed by atoms with E-state index >= 15 is 0 Å². The first-order valence-electron chi connectivity index (χ1n) is 6.07. The third kappa shape index (κ3) is 10.5. The van der Waals surface area contributed by atoms with Crippen LogP contribution in [0.4, 0.5) is 0 Å². The molecule has 0 aliphatic carbocycles. The van der Waals surface area contributed by atoms with E-state index in [-0.39, 0.29) is 0 Å². The van der Waals surface area contributed by atoms with E-state index in [1.54, 1.807) is 0 Å². The minimum Gasteiger partial charge on any atom is -0.0860 e. The van der Waals surface area contributed by atoms with Crippen molar-refractivity contribution in [1.82, 2.24) is 0 Å². The Bertz CT molecular complexity index is 265. The zero-order valence-corrected chi connectivity index (χ0v) is 13.3. The second kappa shape index (κ2) is 10.1. The van der Waals surface area contributed by atoms with Crippen molar-refractivity contribution in [1.29, 1.82) is 0 Å². The first kappa shape index (κ1) is 16.0. The van der Waals surface area contributed by atoms with Gasteiger partial charge in [0.05, 0.1) is 0 Å². The van der Waals surface area contributed by atoms with Gasteiger partial charge < -0.3 is 0 Å². The number of hydrogen-bond acceptors (Lipinski definition) is 0. The highest BCUT2D eigenvalue weighted by atomic mass is 127. The van der Waals surface area contributed by atoms with Crippen molar-refractivity contribution in [3.8, 4) is 0 Å². The Morgan fingerprint density at radius 2 is 1.44 bits per heavy atom. The van der Waals surface area contributed by atoms with E-state index in [1.165, 1.54) is 40.4 Å². The molecule has 0 unspecified atom stereocenters. The Hall–Kier alpha value is -0.0500. The van der Waals surface area contributed by atoms with Crippen molar-refractivity contribution in [2.24, 2.45) is 0 Å². The molecule has 0 aliphatic rings. The molecule has 0 N–H and O–H groups in total. The SMILES string of the molecule is CC(C)=CCC/C(C)=C/C/C=C(\C)CCI. The van der Waals surface area contributed by atoms with Gasteiger partial charge in [-0.25, -0.2) is 0 Å². The van der Waals surface area contributed by atoms with Crippen molar-refractivity contribution in [2.75, 3.05) is 4.43 Å². The lowest BCUT2D eigenvalue weighted by Gasteiger charge is -1.99. The molecule has 0 aromatic rings. The smallest absolute Gasteiger partial charge is 0.00324 e. The van der Waals surface area contributed by atoms with Gasteiger partial charge in [0.2, 0.25) is 0 Å².